The van der Waals surface area contributed by atoms with Crippen molar-refractivity contribution in [3.63, 3.8) is 0 Å². The zero-order valence-corrected chi connectivity index (χ0v) is 32.2. The number of amides is 5. The van der Waals surface area contributed by atoms with Crippen LogP contribution in [0.15, 0.2) is 0 Å². The van der Waals surface area contributed by atoms with Gasteiger partial charge in [-0.25, -0.2) is 13.2 Å². The summed E-state index contributed by atoms with van der Waals surface area (Å²) in [5.74, 6) is -0.689. The predicted molar refractivity (Wildman–Crippen MR) is 190 cm³/mol. The fraction of sp³-hybridized carbons (Fsp3) is 0.806. The van der Waals surface area contributed by atoms with E-state index >= 15 is 0 Å². The van der Waals surface area contributed by atoms with Gasteiger partial charge in [-0.3, -0.25) is 19.2 Å². The molecule has 5 amide bonds. The maximum Gasteiger partial charge on any atom is 0.315 e. The minimum Gasteiger partial charge on any atom is -0.383 e. The molecule has 4 N–H and O–H groups in total. The number of nitrogens with one attached hydrogen (secondary N) is 4. The van der Waals surface area contributed by atoms with Gasteiger partial charge >= 0.3 is 6.03 Å². The Labute approximate surface area is 298 Å². The van der Waals surface area contributed by atoms with E-state index in [4.69, 9.17) is 11.2 Å². The number of ketones is 1. The van der Waals surface area contributed by atoms with Crippen LogP contribution >= 0.6 is 0 Å². The van der Waals surface area contributed by atoms with Crippen molar-refractivity contribution >= 4 is 39.4 Å². The lowest BCUT2D eigenvalue weighted by molar-refractivity contribution is -0.145. The van der Waals surface area contributed by atoms with E-state index in [-0.39, 0.29) is 55.5 Å². The fourth-order valence-electron chi connectivity index (χ4n) is 7.42. The minimum absolute atomic E-state index is 0.0157. The Morgan fingerprint density at radius 1 is 1.00 bits per heavy atom. The van der Waals surface area contributed by atoms with Crippen molar-refractivity contribution in [2.24, 2.45) is 22.7 Å². The number of Topliss-reactive ketones (excluding diaryl/α,β-unsaturated/α-hetero) is 1. The first-order valence-corrected chi connectivity index (χ1v) is 19.3. The average molecular weight is 722 g/mol. The number of carbonyl (C=O) groups is 5. The molecule has 1 aliphatic heterocycles. The largest absolute Gasteiger partial charge is 0.383 e. The lowest BCUT2D eigenvalue weighted by Crippen LogP contribution is -2.64. The van der Waals surface area contributed by atoms with Gasteiger partial charge in [-0.05, 0) is 62.7 Å². The van der Waals surface area contributed by atoms with E-state index in [2.05, 4.69) is 27.2 Å². The number of nitrogens with zero attached hydrogens (tertiary/aromatic N) is 1. The lowest BCUT2D eigenvalue weighted by atomic mass is 9.83. The number of hydrogen-bond donors (Lipinski definition) is 4. The summed E-state index contributed by atoms with van der Waals surface area (Å²) in [5, 5.41) is 11.1. The molecule has 3 fully saturated rings. The summed E-state index contributed by atoms with van der Waals surface area (Å²) in [6, 6.07) is -3.85. The van der Waals surface area contributed by atoms with Crippen LogP contribution in [-0.2, 0) is 33.8 Å². The number of rotatable bonds is 14. The van der Waals surface area contributed by atoms with E-state index in [0.29, 0.717) is 12.8 Å². The van der Waals surface area contributed by atoms with Gasteiger partial charge in [0.1, 0.15) is 12.1 Å². The highest BCUT2D eigenvalue weighted by atomic mass is 32.2. The summed E-state index contributed by atoms with van der Waals surface area (Å²) >= 11 is 0. The van der Waals surface area contributed by atoms with E-state index < -0.39 is 73.2 Å². The molecule has 0 spiro atoms. The summed E-state index contributed by atoms with van der Waals surface area (Å²) in [7, 11) is -2.11. The van der Waals surface area contributed by atoms with Crippen molar-refractivity contribution in [2.45, 2.75) is 129 Å². The lowest BCUT2D eigenvalue weighted by Gasteiger charge is -2.41. The monoisotopic (exact) mass is 721 g/mol. The van der Waals surface area contributed by atoms with Crippen molar-refractivity contribution in [1.82, 2.24) is 26.2 Å². The standard InChI is InChI=1S/C36H59N5O8S/c1-11-12-16-24(27(42)30(44)37-19-20-49-10)38-29(43)26-25-23(35(25,8)9)21-41(26)31(45)28(33(2,3)4)39-32(46)40-36(17-14-13-15-18-36)22-50(47,48)34(5,6)7/h1,23-26,28H,12-22H2,2-10H3,(H,37,44)(H,38,43)(H2,39,40,46)/t23?,24?,25?,26?,28-/m1/s1. The first-order valence-electron chi connectivity index (χ1n) is 17.7. The molecule has 0 aromatic carbocycles. The molecular weight excluding hydrogens is 662 g/mol. The molecule has 0 aromatic rings. The molecular formula is C36H59N5O8S. The van der Waals surface area contributed by atoms with Crippen molar-refractivity contribution in [2.75, 3.05) is 32.6 Å². The van der Waals surface area contributed by atoms with Gasteiger partial charge < -0.3 is 30.9 Å². The van der Waals surface area contributed by atoms with Gasteiger partial charge in [0.25, 0.3) is 5.91 Å². The third-order valence-electron chi connectivity index (χ3n) is 10.8. The Hall–Kier alpha value is -3.18. The van der Waals surface area contributed by atoms with Gasteiger partial charge in [0.15, 0.2) is 9.84 Å². The number of likely N-dealkylation sites (tertiary alicyclic amines) is 1. The van der Waals surface area contributed by atoms with Crippen molar-refractivity contribution in [3.8, 4) is 12.3 Å². The van der Waals surface area contributed by atoms with Crippen LogP contribution in [0.2, 0.25) is 0 Å². The SMILES string of the molecule is C#CCCC(NC(=O)C1C2C(CN1C(=O)[C@@H](NC(=O)NC1(CS(=O)(=O)C(C)(C)C)CCCCC1)C(C)(C)C)C2(C)C)C(=O)C(=O)NCCOC. The van der Waals surface area contributed by atoms with E-state index in [1.807, 2.05) is 34.6 Å². The second kappa shape index (κ2) is 15.6. The van der Waals surface area contributed by atoms with Gasteiger partial charge in [-0.2, -0.15) is 0 Å². The molecule has 14 heteroatoms. The minimum atomic E-state index is -3.58. The molecule has 2 aliphatic carbocycles. The Bertz CT molecular complexity index is 1450. The van der Waals surface area contributed by atoms with E-state index in [1.54, 1.807) is 20.8 Å². The van der Waals surface area contributed by atoms with Crippen molar-refractivity contribution in [3.05, 3.63) is 0 Å². The van der Waals surface area contributed by atoms with Gasteiger partial charge in [0.05, 0.1) is 28.7 Å². The summed E-state index contributed by atoms with van der Waals surface area (Å²) in [6.07, 6.45) is 9.10. The number of sulfone groups is 1. The summed E-state index contributed by atoms with van der Waals surface area (Å²) < 4.78 is 30.5. The molecule has 3 aliphatic rings. The summed E-state index contributed by atoms with van der Waals surface area (Å²) in [5.41, 5.74) is -2.01. The first-order chi connectivity index (χ1) is 23.0. The van der Waals surface area contributed by atoms with Crippen LogP contribution in [0.4, 0.5) is 4.79 Å². The van der Waals surface area contributed by atoms with Crippen LogP contribution in [0.1, 0.15) is 100 Å². The van der Waals surface area contributed by atoms with Gasteiger partial charge in [0.2, 0.25) is 17.6 Å². The predicted octanol–water partition coefficient (Wildman–Crippen LogP) is 2.33. The average Bonchev–Trinajstić information content (AvgIpc) is 3.31. The van der Waals surface area contributed by atoms with Gasteiger partial charge in [-0.15, -0.1) is 12.3 Å². The molecule has 50 heavy (non-hydrogen) atoms. The number of ether oxygens (including phenoxy) is 1. The Morgan fingerprint density at radius 3 is 2.16 bits per heavy atom. The molecule has 13 nitrogen and oxygen atoms in total. The number of terminal acetylenes is 1. The third kappa shape index (κ3) is 9.37. The Morgan fingerprint density at radius 2 is 1.62 bits per heavy atom. The number of urea groups is 1. The van der Waals surface area contributed by atoms with Crippen LogP contribution in [-0.4, -0.2) is 104 Å². The Kier molecular flexibility index (Phi) is 12.9. The van der Waals surface area contributed by atoms with Crippen LogP contribution in [0, 0.1) is 35.0 Å². The highest BCUT2D eigenvalue weighted by molar-refractivity contribution is 7.92. The number of fused-ring (bicyclic) bond motifs is 1. The maximum atomic E-state index is 14.4. The second-order valence-electron chi connectivity index (χ2n) is 16.9. The smallest absolute Gasteiger partial charge is 0.315 e. The van der Waals surface area contributed by atoms with Crippen LogP contribution in [0.3, 0.4) is 0 Å². The molecule has 1 heterocycles. The topological polar surface area (TPSA) is 180 Å². The van der Waals surface area contributed by atoms with E-state index in [1.165, 1.54) is 12.0 Å². The van der Waals surface area contributed by atoms with Crippen molar-refractivity contribution in [1.29, 1.82) is 0 Å². The zero-order valence-electron chi connectivity index (χ0n) is 31.4. The first kappa shape index (κ1) is 41.2. The van der Waals surface area contributed by atoms with E-state index in [0.717, 1.165) is 19.3 Å². The molecule has 1 saturated heterocycles. The molecule has 2 saturated carbocycles. The van der Waals surface area contributed by atoms with Crippen LogP contribution in [0.5, 0.6) is 0 Å². The number of carbonyl (C=O) groups excluding carboxylic acids is 5. The molecule has 0 aromatic heterocycles. The van der Waals surface area contributed by atoms with Crippen LogP contribution in [0.25, 0.3) is 0 Å². The molecule has 3 rings (SSSR count). The highest BCUT2D eigenvalue weighted by Crippen LogP contribution is 2.65. The fourth-order valence-corrected chi connectivity index (χ4v) is 8.94. The highest BCUT2D eigenvalue weighted by Gasteiger charge is 2.70. The molecule has 282 valence electrons. The van der Waals surface area contributed by atoms with Crippen LogP contribution < -0.4 is 21.3 Å². The summed E-state index contributed by atoms with van der Waals surface area (Å²) in [4.78, 5) is 69.4. The normalized spacial score (nSPS) is 23.8. The van der Waals surface area contributed by atoms with Gasteiger partial charge in [0, 0.05) is 26.6 Å². The van der Waals surface area contributed by atoms with Crippen molar-refractivity contribution < 1.29 is 37.1 Å². The number of methoxy groups -OCH3 is 1. The summed E-state index contributed by atoms with van der Waals surface area (Å²) in [6.45, 7) is 15.0. The zero-order chi connectivity index (χ0) is 37.9. The molecule has 0 radical (unpaired) electrons. The molecule has 0 bridgehead atoms. The second-order valence-corrected chi connectivity index (χ2v) is 19.7. The Balaban J connectivity index is 1.85. The number of hydrogen-bond acceptors (Lipinski definition) is 8. The quantitative estimate of drug-likeness (QED) is 0.120. The third-order valence-corrected chi connectivity index (χ3v) is 13.6. The maximum absolute atomic E-state index is 14.4. The molecule has 4 unspecified atom stereocenters. The number of piperidine rings is 1. The van der Waals surface area contributed by atoms with Gasteiger partial charge in [-0.1, -0.05) is 53.9 Å². The molecule has 5 atom stereocenters. The van der Waals surface area contributed by atoms with E-state index in [9.17, 15) is 32.4 Å².